The van der Waals surface area contributed by atoms with Crippen LogP contribution in [0.3, 0.4) is 0 Å². The molecule has 0 unspecified atom stereocenters. The molecule has 236 valence electrons. The quantitative estimate of drug-likeness (QED) is 0.138. The zero-order valence-electron chi connectivity index (χ0n) is 28.1. The van der Waals surface area contributed by atoms with Crippen molar-refractivity contribution < 1.29 is 4.74 Å². The van der Waals surface area contributed by atoms with Crippen LogP contribution in [0.1, 0.15) is 0 Å². The predicted molar refractivity (Wildman–Crippen MR) is 220 cm³/mol. The molecule has 4 aliphatic heterocycles. The topological polar surface area (TPSA) is 12.5 Å². The van der Waals surface area contributed by atoms with Crippen molar-refractivity contribution in [1.29, 1.82) is 0 Å². The van der Waals surface area contributed by atoms with E-state index >= 15 is 0 Å². The number of hydrogen-bond donors (Lipinski definition) is 0. The highest BCUT2D eigenvalue weighted by atomic mass is 16.5. The van der Waals surface area contributed by atoms with Gasteiger partial charge in [-0.15, -0.1) is 0 Å². The van der Waals surface area contributed by atoms with Gasteiger partial charge in [-0.1, -0.05) is 144 Å². The highest BCUT2D eigenvalue weighted by Crippen LogP contribution is 2.50. The summed E-state index contributed by atoms with van der Waals surface area (Å²) >= 11 is 0. The van der Waals surface area contributed by atoms with E-state index in [1.54, 1.807) is 0 Å². The zero-order chi connectivity index (χ0) is 33.7. The zero-order valence-corrected chi connectivity index (χ0v) is 28.1. The van der Waals surface area contributed by atoms with Crippen LogP contribution in [0.5, 0.6) is 11.5 Å². The first-order valence-electron chi connectivity index (χ1n) is 18.3. The van der Waals surface area contributed by atoms with Gasteiger partial charge in [-0.25, -0.2) is 0 Å². The Morgan fingerprint density at radius 2 is 1.02 bits per heavy atom. The van der Waals surface area contributed by atoms with Gasteiger partial charge in [-0.3, -0.25) is 0 Å². The van der Waals surface area contributed by atoms with Crippen LogP contribution in [-0.2, 0) is 0 Å². The van der Waals surface area contributed by atoms with E-state index in [1.807, 2.05) is 0 Å². The third-order valence-corrected chi connectivity index (χ3v) is 12.3. The summed E-state index contributed by atoms with van der Waals surface area (Å²) in [6.07, 6.45) is 0. The average Bonchev–Trinajstić information content (AvgIpc) is 3.20. The van der Waals surface area contributed by atoms with Crippen molar-refractivity contribution in [3.8, 4) is 33.8 Å². The molecule has 0 amide bonds. The normalized spacial score (nSPS) is 13.8. The fourth-order valence-corrected chi connectivity index (χ4v) is 10.5. The van der Waals surface area contributed by atoms with E-state index in [2.05, 4.69) is 169 Å². The minimum Gasteiger partial charge on any atom is -0.458 e. The van der Waals surface area contributed by atoms with Gasteiger partial charge in [0.15, 0.2) is 0 Å². The number of hydrogen-bond acceptors (Lipinski definition) is 2. The molecule has 0 aliphatic carbocycles. The summed E-state index contributed by atoms with van der Waals surface area (Å²) in [6, 6.07) is 60.7. The Bertz CT molecular complexity index is 3050. The van der Waals surface area contributed by atoms with Crippen LogP contribution in [-0.4, -0.2) is 13.4 Å². The smallest absolute Gasteiger partial charge is 0.252 e. The van der Waals surface area contributed by atoms with Gasteiger partial charge >= 0.3 is 0 Å². The first-order chi connectivity index (χ1) is 25.8. The van der Waals surface area contributed by atoms with Crippen molar-refractivity contribution in [1.82, 2.24) is 0 Å². The van der Waals surface area contributed by atoms with Crippen LogP contribution in [0.4, 0.5) is 17.1 Å². The van der Waals surface area contributed by atoms with Gasteiger partial charge in [-0.05, 0) is 101 Å². The number of ether oxygens (including phenoxy) is 1. The maximum absolute atomic E-state index is 7.01. The summed E-state index contributed by atoms with van der Waals surface area (Å²) in [6.45, 7) is 0.131. The lowest BCUT2D eigenvalue weighted by atomic mass is 9.27. The number of benzene rings is 9. The van der Waals surface area contributed by atoms with Gasteiger partial charge in [0.25, 0.3) is 6.71 Å². The fraction of sp³-hybridized carbons (Fsp3) is 0. The molecule has 4 heterocycles. The van der Waals surface area contributed by atoms with Crippen LogP contribution in [0, 0.1) is 0 Å². The highest BCUT2D eigenvalue weighted by Gasteiger charge is 2.49. The van der Waals surface area contributed by atoms with Crippen molar-refractivity contribution in [3.63, 3.8) is 0 Å². The summed E-state index contributed by atoms with van der Waals surface area (Å²) in [5.74, 6) is 1.91. The molecule has 4 aliphatic rings. The lowest BCUT2D eigenvalue weighted by Gasteiger charge is -2.45. The standard InChI is InChI=1S/C48H27B2NO/c1-2-15-29(16-3-1)51-38-25-8-6-21-34(38)49-36-23-11-19-32-42(31-18-10-14-28-13-4-5-17-30(28)31)33-20-12-24-37-44(33)45(43(32)36)46-47(49)39(51)27-41-48(46)50(37)35-22-7-9-26-40(35)52-41/h1-27H. The summed E-state index contributed by atoms with van der Waals surface area (Å²) in [4.78, 5) is 2.48. The molecule has 0 fully saturated rings. The molecule has 9 aromatic carbocycles. The Balaban J connectivity index is 1.29. The number of para-hydroxylation sites is 3. The summed E-state index contributed by atoms with van der Waals surface area (Å²) in [7, 11) is 0. The fourth-order valence-electron chi connectivity index (χ4n) is 10.5. The molecule has 0 saturated heterocycles. The van der Waals surface area contributed by atoms with Crippen molar-refractivity contribution in [2.24, 2.45) is 0 Å². The van der Waals surface area contributed by atoms with E-state index in [4.69, 9.17) is 4.74 Å². The molecule has 9 aromatic rings. The van der Waals surface area contributed by atoms with E-state index in [0.717, 1.165) is 17.2 Å². The van der Waals surface area contributed by atoms with Crippen LogP contribution < -0.4 is 42.4 Å². The molecule has 2 nitrogen and oxygen atoms in total. The monoisotopic (exact) mass is 655 g/mol. The number of anilines is 3. The van der Waals surface area contributed by atoms with Gasteiger partial charge in [0.2, 0.25) is 6.71 Å². The maximum Gasteiger partial charge on any atom is 0.252 e. The molecule has 0 bridgehead atoms. The minimum absolute atomic E-state index is 0.0579. The molecule has 0 radical (unpaired) electrons. The van der Waals surface area contributed by atoms with E-state index in [9.17, 15) is 0 Å². The molecule has 4 heteroatoms. The molecule has 0 N–H and O–H groups in total. The Morgan fingerprint density at radius 3 is 1.85 bits per heavy atom. The second-order valence-electron chi connectivity index (χ2n) is 14.6. The Hall–Kier alpha value is -6.51. The van der Waals surface area contributed by atoms with Gasteiger partial charge in [0, 0.05) is 23.1 Å². The number of fused-ring (bicyclic) bond motifs is 7. The number of rotatable bonds is 2. The molecule has 0 spiro atoms. The molecule has 0 saturated carbocycles. The third kappa shape index (κ3) is 3.21. The molecular weight excluding hydrogens is 628 g/mol. The van der Waals surface area contributed by atoms with E-state index in [0.29, 0.717) is 0 Å². The second kappa shape index (κ2) is 9.63. The molecular formula is C48H27B2NO. The van der Waals surface area contributed by atoms with Gasteiger partial charge in [0.1, 0.15) is 11.5 Å². The van der Waals surface area contributed by atoms with Gasteiger partial charge in [-0.2, -0.15) is 0 Å². The van der Waals surface area contributed by atoms with Crippen molar-refractivity contribution in [3.05, 3.63) is 164 Å². The Kier molecular flexibility index (Phi) is 5.04. The SMILES string of the molecule is c1ccc(N2c3ccccc3B3c4c2cc2c5c4-c4c6c(cccc6c(-c6cccc7ccccc67)c6cccc3c46)B5c3ccccc3O2)cc1. The van der Waals surface area contributed by atoms with E-state index < -0.39 is 0 Å². The summed E-state index contributed by atoms with van der Waals surface area (Å²) in [5.41, 5.74) is 17.0. The van der Waals surface area contributed by atoms with Crippen molar-refractivity contribution >= 4 is 95.6 Å². The Morgan fingerprint density at radius 1 is 0.404 bits per heavy atom. The van der Waals surface area contributed by atoms with E-state index in [-0.39, 0.29) is 13.4 Å². The first kappa shape index (κ1) is 27.2. The number of nitrogens with zero attached hydrogens (tertiary/aromatic N) is 1. The lowest BCUT2D eigenvalue weighted by molar-refractivity contribution is 0.488. The van der Waals surface area contributed by atoms with Crippen LogP contribution in [0.2, 0.25) is 0 Å². The molecule has 52 heavy (non-hydrogen) atoms. The third-order valence-electron chi connectivity index (χ3n) is 12.3. The van der Waals surface area contributed by atoms with Gasteiger partial charge in [0.05, 0.1) is 0 Å². The lowest BCUT2D eigenvalue weighted by Crippen LogP contribution is -2.65. The first-order valence-corrected chi connectivity index (χ1v) is 18.3. The van der Waals surface area contributed by atoms with Crippen molar-refractivity contribution in [2.45, 2.75) is 0 Å². The van der Waals surface area contributed by atoms with Crippen LogP contribution >= 0.6 is 0 Å². The predicted octanol–water partition coefficient (Wildman–Crippen LogP) is 8.03. The van der Waals surface area contributed by atoms with Gasteiger partial charge < -0.3 is 9.64 Å². The molecule has 0 aromatic heterocycles. The van der Waals surface area contributed by atoms with Crippen molar-refractivity contribution in [2.75, 3.05) is 4.90 Å². The second-order valence-corrected chi connectivity index (χ2v) is 14.6. The van der Waals surface area contributed by atoms with E-state index in [1.165, 1.54) is 98.7 Å². The van der Waals surface area contributed by atoms with Crippen LogP contribution in [0.15, 0.2) is 164 Å². The molecule has 13 rings (SSSR count). The summed E-state index contributed by atoms with van der Waals surface area (Å²) in [5, 5.41) is 7.94. The average molecular weight is 655 g/mol. The maximum atomic E-state index is 7.01. The summed E-state index contributed by atoms with van der Waals surface area (Å²) < 4.78 is 7.01. The Labute approximate surface area is 301 Å². The largest absolute Gasteiger partial charge is 0.458 e. The minimum atomic E-state index is 0.0579. The highest BCUT2D eigenvalue weighted by molar-refractivity contribution is 7.05. The molecule has 0 atom stereocenters. The van der Waals surface area contributed by atoms with Crippen LogP contribution in [0.25, 0.3) is 54.6 Å².